The number of aromatic hydroxyl groups is 1. The highest BCUT2D eigenvalue weighted by molar-refractivity contribution is 7.99. The van der Waals surface area contributed by atoms with Crippen LogP contribution in [-0.4, -0.2) is 28.0 Å². The van der Waals surface area contributed by atoms with E-state index in [9.17, 15) is 9.90 Å². The molecule has 25 heavy (non-hydrogen) atoms. The molecule has 0 aliphatic carbocycles. The third-order valence-corrected chi connectivity index (χ3v) is 4.49. The van der Waals surface area contributed by atoms with Crippen LogP contribution in [0.4, 0.5) is 0 Å². The van der Waals surface area contributed by atoms with Crippen LogP contribution in [0.15, 0.2) is 64.7 Å². The fraction of sp³-hybridized carbons (Fsp3) is 0.105. The van der Waals surface area contributed by atoms with Gasteiger partial charge in [-0.3, -0.25) is 4.79 Å². The molecule has 1 amide bonds. The van der Waals surface area contributed by atoms with Gasteiger partial charge < -0.3 is 5.11 Å². The summed E-state index contributed by atoms with van der Waals surface area (Å²) in [6, 6.07) is 16.7. The number of nitrogens with one attached hydrogen (secondary N) is 1. The summed E-state index contributed by atoms with van der Waals surface area (Å²) < 4.78 is 0. The van der Waals surface area contributed by atoms with Gasteiger partial charge in [-0.2, -0.15) is 5.10 Å². The van der Waals surface area contributed by atoms with Gasteiger partial charge in [-0.1, -0.05) is 42.1 Å². The van der Waals surface area contributed by atoms with Gasteiger partial charge in [0, 0.05) is 10.9 Å². The van der Waals surface area contributed by atoms with Crippen LogP contribution in [0, 0.1) is 6.92 Å². The number of pyridine rings is 1. The number of rotatable bonds is 5. The quantitative estimate of drug-likeness (QED) is 0.419. The first-order chi connectivity index (χ1) is 12.1. The van der Waals surface area contributed by atoms with Gasteiger partial charge in [0.05, 0.1) is 22.5 Å². The molecule has 1 aromatic heterocycles. The van der Waals surface area contributed by atoms with Crippen molar-refractivity contribution >= 4 is 34.8 Å². The van der Waals surface area contributed by atoms with Crippen LogP contribution in [0.5, 0.6) is 5.75 Å². The van der Waals surface area contributed by atoms with E-state index >= 15 is 0 Å². The number of hydrogen-bond donors (Lipinski definition) is 2. The summed E-state index contributed by atoms with van der Waals surface area (Å²) in [4.78, 5) is 16.5. The van der Waals surface area contributed by atoms with E-state index in [-0.39, 0.29) is 17.4 Å². The average molecular weight is 351 g/mol. The van der Waals surface area contributed by atoms with Crippen LogP contribution < -0.4 is 5.43 Å². The van der Waals surface area contributed by atoms with E-state index in [1.807, 2.05) is 37.3 Å². The number of nitrogens with zero attached hydrogens (tertiary/aromatic N) is 2. The second-order valence-corrected chi connectivity index (χ2v) is 6.43. The van der Waals surface area contributed by atoms with Crippen molar-refractivity contribution in [3.63, 3.8) is 0 Å². The minimum Gasteiger partial charge on any atom is -0.507 e. The molecule has 0 saturated heterocycles. The molecule has 2 N–H and O–H groups in total. The summed E-state index contributed by atoms with van der Waals surface area (Å²) in [5.74, 6) is 0.0955. The van der Waals surface area contributed by atoms with Gasteiger partial charge in [0.15, 0.2) is 0 Å². The first-order valence-electron chi connectivity index (χ1n) is 7.72. The number of phenolic OH excluding ortho intramolecular Hbond substituents is 1. The van der Waals surface area contributed by atoms with E-state index in [1.54, 1.807) is 24.3 Å². The molecular weight excluding hydrogens is 334 g/mol. The van der Waals surface area contributed by atoms with Crippen LogP contribution in [0.3, 0.4) is 0 Å². The van der Waals surface area contributed by atoms with Gasteiger partial charge in [-0.15, -0.1) is 0 Å². The third-order valence-electron chi connectivity index (χ3n) is 3.58. The summed E-state index contributed by atoms with van der Waals surface area (Å²) in [7, 11) is 0. The Morgan fingerprint density at radius 3 is 2.84 bits per heavy atom. The van der Waals surface area contributed by atoms with Crippen LogP contribution >= 0.6 is 11.8 Å². The van der Waals surface area contributed by atoms with Crippen molar-refractivity contribution in [1.82, 2.24) is 10.4 Å². The van der Waals surface area contributed by atoms with E-state index in [0.29, 0.717) is 5.56 Å². The summed E-state index contributed by atoms with van der Waals surface area (Å²) in [6.07, 6.45) is 1.41. The van der Waals surface area contributed by atoms with E-state index in [2.05, 4.69) is 15.5 Å². The number of fused-ring (bicyclic) bond motifs is 1. The Kier molecular flexibility index (Phi) is 5.30. The highest BCUT2D eigenvalue weighted by Crippen LogP contribution is 2.23. The highest BCUT2D eigenvalue weighted by atomic mass is 32.2. The summed E-state index contributed by atoms with van der Waals surface area (Å²) >= 11 is 1.36. The molecule has 5 nitrogen and oxygen atoms in total. The van der Waals surface area contributed by atoms with Crippen LogP contribution in [0.2, 0.25) is 0 Å². The minimum absolute atomic E-state index is 0.116. The predicted molar refractivity (Wildman–Crippen MR) is 101 cm³/mol. The summed E-state index contributed by atoms with van der Waals surface area (Å²) in [5, 5.41) is 15.4. The number of aromatic nitrogens is 1. The number of para-hydroxylation sites is 2. The first-order valence-corrected chi connectivity index (χ1v) is 8.71. The van der Waals surface area contributed by atoms with Crippen LogP contribution in [0.1, 0.15) is 11.1 Å². The number of thioether (sulfide) groups is 1. The van der Waals surface area contributed by atoms with Crippen molar-refractivity contribution in [3.05, 3.63) is 65.7 Å². The number of benzene rings is 2. The summed E-state index contributed by atoms with van der Waals surface area (Å²) in [6.45, 7) is 2.03. The van der Waals surface area contributed by atoms with Gasteiger partial charge in [-0.05, 0) is 36.8 Å². The van der Waals surface area contributed by atoms with Gasteiger partial charge >= 0.3 is 0 Å². The molecule has 0 unspecified atom stereocenters. The normalized spacial score (nSPS) is 11.1. The molecule has 6 heteroatoms. The predicted octanol–water partition coefficient (Wildman–Crippen LogP) is 3.49. The topological polar surface area (TPSA) is 74.6 Å². The monoisotopic (exact) mass is 351 g/mol. The van der Waals surface area contributed by atoms with Crippen LogP contribution in [0.25, 0.3) is 10.9 Å². The zero-order valence-corrected chi connectivity index (χ0v) is 14.5. The van der Waals surface area contributed by atoms with E-state index in [1.165, 1.54) is 18.0 Å². The number of phenols is 1. The Balaban J connectivity index is 1.58. The number of amides is 1. The molecule has 0 aliphatic rings. The lowest BCUT2D eigenvalue weighted by Crippen LogP contribution is -2.19. The number of carbonyl (C=O) groups is 1. The molecule has 0 fully saturated rings. The first kappa shape index (κ1) is 17.0. The average Bonchev–Trinajstić information content (AvgIpc) is 2.62. The largest absolute Gasteiger partial charge is 0.507 e. The van der Waals surface area contributed by atoms with Gasteiger partial charge in [0.25, 0.3) is 0 Å². The fourth-order valence-electron chi connectivity index (χ4n) is 2.33. The molecule has 0 spiro atoms. The maximum atomic E-state index is 11.9. The Bertz CT molecular complexity index is 941. The van der Waals surface area contributed by atoms with Crippen molar-refractivity contribution in [1.29, 1.82) is 0 Å². The zero-order chi connectivity index (χ0) is 17.6. The maximum Gasteiger partial charge on any atom is 0.250 e. The summed E-state index contributed by atoms with van der Waals surface area (Å²) in [5.41, 5.74) is 5.05. The lowest BCUT2D eigenvalue weighted by Gasteiger charge is -2.05. The second kappa shape index (κ2) is 7.81. The number of hydrogen-bond acceptors (Lipinski definition) is 5. The lowest BCUT2D eigenvalue weighted by atomic mass is 10.1. The Morgan fingerprint density at radius 2 is 2.00 bits per heavy atom. The SMILES string of the molecule is Cc1cc(SCC(=O)N/N=C\c2ccccc2O)nc2ccccc12. The molecule has 0 radical (unpaired) electrons. The van der Waals surface area contributed by atoms with Crippen molar-refractivity contribution in [2.24, 2.45) is 5.10 Å². The second-order valence-electron chi connectivity index (χ2n) is 5.44. The number of carbonyl (C=O) groups excluding carboxylic acids is 1. The van der Waals surface area contributed by atoms with Gasteiger partial charge in [0.2, 0.25) is 5.91 Å². The molecule has 3 rings (SSSR count). The van der Waals surface area contributed by atoms with Gasteiger partial charge in [-0.25, -0.2) is 10.4 Å². The molecule has 1 heterocycles. The van der Waals surface area contributed by atoms with E-state index < -0.39 is 0 Å². The zero-order valence-electron chi connectivity index (χ0n) is 13.6. The molecule has 126 valence electrons. The number of hydrazone groups is 1. The molecule has 0 aliphatic heterocycles. The van der Waals surface area contributed by atoms with Crippen molar-refractivity contribution < 1.29 is 9.90 Å². The van der Waals surface area contributed by atoms with Crippen molar-refractivity contribution in [2.45, 2.75) is 11.9 Å². The minimum atomic E-state index is -0.232. The molecule has 3 aromatic rings. The number of aryl methyl sites for hydroxylation is 1. The maximum absolute atomic E-state index is 11.9. The standard InChI is InChI=1S/C19H17N3O2S/c1-13-10-19(21-16-8-4-3-7-15(13)16)25-12-18(24)22-20-11-14-6-2-5-9-17(14)23/h2-11,23H,12H2,1H3,(H,22,24)/b20-11-. The smallest absolute Gasteiger partial charge is 0.250 e. The molecule has 0 bridgehead atoms. The fourth-order valence-corrected chi connectivity index (χ4v) is 3.10. The van der Waals surface area contributed by atoms with Crippen molar-refractivity contribution in [3.8, 4) is 5.75 Å². The van der Waals surface area contributed by atoms with Gasteiger partial charge in [0.1, 0.15) is 5.75 Å². The third kappa shape index (κ3) is 4.36. The van der Waals surface area contributed by atoms with Crippen LogP contribution in [-0.2, 0) is 4.79 Å². The lowest BCUT2D eigenvalue weighted by molar-refractivity contribution is -0.118. The molecule has 2 aromatic carbocycles. The Labute approximate surface area is 149 Å². The van der Waals surface area contributed by atoms with Crippen molar-refractivity contribution in [2.75, 3.05) is 5.75 Å². The highest BCUT2D eigenvalue weighted by Gasteiger charge is 2.06. The molecular formula is C19H17N3O2S. The Morgan fingerprint density at radius 1 is 1.24 bits per heavy atom. The Hall–Kier alpha value is -2.86. The molecule has 0 atom stereocenters. The molecule has 0 saturated carbocycles. The van der Waals surface area contributed by atoms with E-state index in [4.69, 9.17) is 0 Å². The van der Waals surface area contributed by atoms with E-state index in [0.717, 1.165) is 21.5 Å².